The Labute approximate surface area is 138 Å². The molecule has 2 rings (SSSR count). The van der Waals surface area contributed by atoms with Gasteiger partial charge in [0.1, 0.15) is 5.78 Å². The Hall–Kier alpha value is -1.72. The molecule has 0 aromatic carbocycles. The summed E-state index contributed by atoms with van der Waals surface area (Å²) in [4.78, 5) is 47.2. The van der Waals surface area contributed by atoms with Crippen molar-refractivity contribution in [1.82, 2.24) is 9.80 Å². The fourth-order valence-electron chi connectivity index (χ4n) is 3.17. The smallest absolute Gasteiger partial charge is 0.220 e. The van der Waals surface area contributed by atoms with Crippen LogP contribution in [0.4, 0.5) is 0 Å². The molecule has 0 saturated carbocycles. The minimum absolute atomic E-state index is 0.0164. The van der Waals surface area contributed by atoms with Crippen LogP contribution in [0.2, 0.25) is 0 Å². The number of amides is 2. The first-order valence-electron chi connectivity index (χ1n) is 8.27. The summed E-state index contributed by atoms with van der Waals surface area (Å²) in [7, 11) is 0. The number of carbonyl (C=O) groups excluding carboxylic acids is 4. The van der Waals surface area contributed by atoms with Crippen LogP contribution in [-0.4, -0.2) is 58.9 Å². The zero-order valence-corrected chi connectivity index (χ0v) is 14.6. The van der Waals surface area contributed by atoms with Crippen molar-refractivity contribution in [1.29, 1.82) is 0 Å². The normalized spacial score (nSPS) is 21.5. The zero-order chi connectivity index (χ0) is 17.6. The molecular formula is C17H28N2O4. The predicted octanol–water partition coefficient (Wildman–Crippen LogP) is 1.42. The summed E-state index contributed by atoms with van der Waals surface area (Å²) in [5, 5.41) is 0. The Bertz CT molecular complexity index is 425. The van der Waals surface area contributed by atoms with Crippen LogP contribution in [-0.2, 0) is 19.2 Å². The van der Waals surface area contributed by atoms with Crippen LogP contribution >= 0.6 is 0 Å². The maximum absolute atomic E-state index is 11.0. The fourth-order valence-corrected chi connectivity index (χ4v) is 3.17. The van der Waals surface area contributed by atoms with Crippen LogP contribution in [0.15, 0.2) is 0 Å². The van der Waals surface area contributed by atoms with E-state index in [0.29, 0.717) is 0 Å². The van der Waals surface area contributed by atoms with Gasteiger partial charge in [0.05, 0.1) is 6.04 Å². The van der Waals surface area contributed by atoms with Crippen molar-refractivity contribution in [3.8, 4) is 0 Å². The summed E-state index contributed by atoms with van der Waals surface area (Å²) in [6, 6.07) is -0.132. The first-order chi connectivity index (χ1) is 10.7. The van der Waals surface area contributed by atoms with Gasteiger partial charge in [-0.2, -0.15) is 0 Å². The molecular weight excluding hydrogens is 296 g/mol. The van der Waals surface area contributed by atoms with Crippen LogP contribution in [0.25, 0.3) is 0 Å². The molecule has 23 heavy (non-hydrogen) atoms. The summed E-state index contributed by atoms with van der Waals surface area (Å²) in [6.45, 7) is 8.52. The van der Waals surface area contributed by atoms with Crippen LogP contribution in [0, 0.1) is 5.92 Å². The van der Waals surface area contributed by atoms with E-state index in [-0.39, 0.29) is 35.3 Å². The number of carbonyl (C=O) groups is 4. The van der Waals surface area contributed by atoms with Gasteiger partial charge in [-0.05, 0) is 39.5 Å². The number of Topliss-reactive ketones (excluding diaryl/α,β-unsaturated/α-hetero) is 2. The van der Waals surface area contributed by atoms with Crippen molar-refractivity contribution < 1.29 is 19.2 Å². The van der Waals surface area contributed by atoms with Crippen molar-refractivity contribution in [3.63, 3.8) is 0 Å². The van der Waals surface area contributed by atoms with E-state index in [2.05, 4.69) is 0 Å². The lowest BCUT2D eigenvalue weighted by atomic mass is 9.93. The Balaban J connectivity index is 0.000000231. The molecule has 0 N–H and O–H groups in total. The molecule has 2 heterocycles. The Morgan fingerprint density at radius 1 is 0.739 bits per heavy atom. The molecule has 0 aromatic heterocycles. The number of ketones is 2. The first-order valence-corrected chi connectivity index (χ1v) is 8.27. The van der Waals surface area contributed by atoms with E-state index in [4.69, 9.17) is 0 Å². The SMILES string of the molecule is CC(=O)C1CCN(C(C)=O)CC1.CC(=O)[C@@H]1CCCN1C(C)=O. The molecule has 2 aliphatic rings. The van der Waals surface area contributed by atoms with Crippen molar-refractivity contribution in [2.45, 2.75) is 59.4 Å². The second-order valence-electron chi connectivity index (χ2n) is 6.37. The molecule has 130 valence electrons. The summed E-state index contributed by atoms with van der Waals surface area (Å²) >= 11 is 0. The van der Waals surface area contributed by atoms with Gasteiger partial charge in [-0.15, -0.1) is 0 Å². The highest BCUT2D eigenvalue weighted by molar-refractivity contribution is 5.87. The predicted molar refractivity (Wildman–Crippen MR) is 86.7 cm³/mol. The maximum atomic E-state index is 11.0. The minimum atomic E-state index is -0.132. The van der Waals surface area contributed by atoms with Gasteiger partial charge in [-0.1, -0.05) is 0 Å². The lowest BCUT2D eigenvalue weighted by Gasteiger charge is -2.29. The van der Waals surface area contributed by atoms with Crippen molar-refractivity contribution in [2.24, 2.45) is 5.92 Å². The third-order valence-electron chi connectivity index (χ3n) is 4.64. The van der Waals surface area contributed by atoms with E-state index in [0.717, 1.165) is 45.3 Å². The van der Waals surface area contributed by atoms with Crippen molar-refractivity contribution >= 4 is 23.4 Å². The summed E-state index contributed by atoms with van der Waals surface area (Å²) in [5.74, 6) is 0.705. The summed E-state index contributed by atoms with van der Waals surface area (Å²) in [6.07, 6.45) is 3.49. The highest BCUT2D eigenvalue weighted by Gasteiger charge is 2.29. The quantitative estimate of drug-likeness (QED) is 0.770. The molecule has 0 unspecified atom stereocenters. The van der Waals surface area contributed by atoms with E-state index < -0.39 is 0 Å². The lowest BCUT2D eigenvalue weighted by Crippen LogP contribution is -2.38. The van der Waals surface area contributed by atoms with Crippen molar-refractivity contribution in [2.75, 3.05) is 19.6 Å². The second-order valence-corrected chi connectivity index (χ2v) is 6.37. The summed E-state index contributed by atoms with van der Waals surface area (Å²) < 4.78 is 0. The number of hydrogen-bond acceptors (Lipinski definition) is 4. The van der Waals surface area contributed by atoms with Crippen LogP contribution in [0.1, 0.15) is 53.4 Å². The molecule has 6 heteroatoms. The number of piperidine rings is 1. The molecule has 6 nitrogen and oxygen atoms in total. The first kappa shape index (κ1) is 19.3. The van der Waals surface area contributed by atoms with Gasteiger partial charge >= 0.3 is 0 Å². The van der Waals surface area contributed by atoms with E-state index in [9.17, 15) is 19.2 Å². The molecule has 0 bridgehead atoms. The molecule has 1 atom stereocenters. The Morgan fingerprint density at radius 3 is 1.65 bits per heavy atom. The Kier molecular flexibility index (Phi) is 7.39. The van der Waals surface area contributed by atoms with Crippen molar-refractivity contribution in [3.05, 3.63) is 0 Å². The third-order valence-corrected chi connectivity index (χ3v) is 4.64. The number of nitrogens with zero attached hydrogens (tertiary/aromatic N) is 2. The van der Waals surface area contributed by atoms with E-state index in [1.165, 1.54) is 6.92 Å². The fraction of sp³-hybridized carbons (Fsp3) is 0.765. The lowest BCUT2D eigenvalue weighted by molar-refractivity contribution is -0.135. The highest BCUT2D eigenvalue weighted by Crippen LogP contribution is 2.18. The molecule has 0 radical (unpaired) electrons. The Morgan fingerprint density at radius 2 is 1.30 bits per heavy atom. The number of likely N-dealkylation sites (tertiary alicyclic amines) is 2. The van der Waals surface area contributed by atoms with Gasteiger partial charge in [0.2, 0.25) is 11.8 Å². The van der Waals surface area contributed by atoms with E-state index in [1.807, 2.05) is 0 Å². The monoisotopic (exact) mass is 324 g/mol. The average Bonchev–Trinajstić information content (AvgIpc) is 2.98. The molecule has 2 aliphatic heterocycles. The van der Waals surface area contributed by atoms with Gasteiger partial charge < -0.3 is 9.80 Å². The second kappa shape index (κ2) is 8.79. The molecule has 2 amide bonds. The molecule has 2 saturated heterocycles. The minimum Gasteiger partial charge on any atom is -0.343 e. The highest BCUT2D eigenvalue weighted by atomic mass is 16.2. The molecule has 0 aliphatic carbocycles. The van der Waals surface area contributed by atoms with Crippen LogP contribution in [0.3, 0.4) is 0 Å². The number of hydrogen-bond donors (Lipinski definition) is 0. The third kappa shape index (κ3) is 5.77. The molecule has 0 aromatic rings. The van der Waals surface area contributed by atoms with E-state index >= 15 is 0 Å². The average molecular weight is 324 g/mol. The van der Waals surface area contributed by atoms with Crippen LogP contribution in [0.5, 0.6) is 0 Å². The van der Waals surface area contributed by atoms with Gasteiger partial charge in [0, 0.05) is 39.4 Å². The summed E-state index contributed by atoms with van der Waals surface area (Å²) in [5.41, 5.74) is 0. The standard InChI is InChI=1S/C9H15NO2.C8H13NO2/c1-7(11)9-3-5-10(6-4-9)8(2)12;1-6(10)8-4-3-5-9(8)7(2)11/h9H,3-6H2,1-2H3;8H,3-5H2,1-2H3/t;8-/m.0/s1. The van der Waals surface area contributed by atoms with Gasteiger partial charge in [0.15, 0.2) is 5.78 Å². The molecule has 0 spiro atoms. The van der Waals surface area contributed by atoms with E-state index in [1.54, 1.807) is 30.6 Å². The maximum Gasteiger partial charge on any atom is 0.220 e. The number of rotatable bonds is 2. The molecule has 2 fully saturated rings. The van der Waals surface area contributed by atoms with Gasteiger partial charge in [0.25, 0.3) is 0 Å². The van der Waals surface area contributed by atoms with Gasteiger partial charge in [-0.25, -0.2) is 0 Å². The largest absolute Gasteiger partial charge is 0.343 e. The van der Waals surface area contributed by atoms with Gasteiger partial charge in [-0.3, -0.25) is 19.2 Å². The zero-order valence-electron chi connectivity index (χ0n) is 14.6. The van der Waals surface area contributed by atoms with Crippen LogP contribution < -0.4 is 0 Å². The topological polar surface area (TPSA) is 74.8 Å².